The van der Waals surface area contributed by atoms with Crippen LogP contribution in [0.15, 0.2) is 0 Å². The van der Waals surface area contributed by atoms with E-state index in [1.54, 1.807) is 0 Å². The van der Waals surface area contributed by atoms with Gasteiger partial charge in [0.05, 0.1) is 12.5 Å². The fourth-order valence-electron chi connectivity index (χ4n) is 2.33. The number of aliphatic hydroxyl groups excluding tert-OH is 6. The number of carbonyl (C=O) groups is 1. The van der Waals surface area contributed by atoms with Crippen LogP contribution in [0.2, 0.25) is 0 Å². The Kier molecular flexibility index (Phi) is 7.50. The van der Waals surface area contributed by atoms with Crippen molar-refractivity contribution in [3.8, 4) is 0 Å². The zero-order valence-corrected chi connectivity index (χ0v) is 11.7. The molecule has 0 aromatic carbocycles. The molecule has 1 aliphatic rings. The number of hydrogen-bond acceptors (Lipinski definition) is 8. The van der Waals surface area contributed by atoms with Crippen LogP contribution in [0.1, 0.15) is 32.1 Å². The number of carbonyl (C=O) groups excluding carboxylic acids is 1. The minimum Gasteiger partial charge on any atom is -0.433 e. The highest BCUT2D eigenvalue weighted by Crippen LogP contribution is 2.25. The van der Waals surface area contributed by atoms with Crippen molar-refractivity contribution in [2.75, 3.05) is 6.61 Å². The van der Waals surface area contributed by atoms with Crippen molar-refractivity contribution in [3.05, 3.63) is 0 Å². The first-order valence-corrected chi connectivity index (χ1v) is 7.10. The van der Waals surface area contributed by atoms with E-state index in [1.165, 1.54) is 0 Å². The van der Waals surface area contributed by atoms with Crippen LogP contribution in [0.25, 0.3) is 0 Å². The molecule has 5 atom stereocenters. The van der Waals surface area contributed by atoms with Gasteiger partial charge >= 0.3 is 5.97 Å². The summed E-state index contributed by atoms with van der Waals surface area (Å²) < 4.78 is 4.69. The number of aliphatic hydroxyl groups is 6. The molecule has 0 heterocycles. The van der Waals surface area contributed by atoms with Crippen LogP contribution in [0, 0.1) is 5.92 Å². The summed E-state index contributed by atoms with van der Waals surface area (Å²) in [4.78, 5) is 11.8. The molecule has 1 saturated carbocycles. The highest BCUT2D eigenvalue weighted by molar-refractivity contribution is 5.72. The Morgan fingerprint density at radius 3 is 2.05 bits per heavy atom. The molecule has 1 fully saturated rings. The molecule has 1 aliphatic carbocycles. The fraction of sp³-hybridized carbons (Fsp3) is 0.923. The van der Waals surface area contributed by atoms with Gasteiger partial charge in [-0.15, -0.1) is 0 Å². The lowest BCUT2D eigenvalue weighted by molar-refractivity contribution is -0.217. The van der Waals surface area contributed by atoms with E-state index < -0.39 is 43.3 Å². The molecule has 1 unspecified atom stereocenters. The highest BCUT2D eigenvalue weighted by atomic mass is 16.6. The highest BCUT2D eigenvalue weighted by Gasteiger charge is 2.36. The summed E-state index contributed by atoms with van der Waals surface area (Å²) in [6.07, 6.45) is -5.43. The molecule has 8 heteroatoms. The van der Waals surface area contributed by atoms with Gasteiger partial charge in [0.25, 0.3) is 0 Å². The summed E-state index contributed by atoms with van der Waals surface area (Å²) >= 11 is 0. The molecular formula is C13H24O8. The summed E-state index contributed by atoms with van der Waals surface area (Å²) in [5, 5.41) is 56.0. The molecule has 6 N–H and O–H groups in total. The van der Waals surface area contributed by atoms with Gasteiger partial charge in [-0.05, 0) is 12.8 Å². The maximum absolute atomic E-state index is 11.8. The maximum atomic E-state index is 11.8. The number of ether oxygens (including phenoxy) is 1. The quantitative estimate of drug-likeness (QED) is 0.231. The van der Waals surface area contributed by atoms with Crippen LogP contribution < -0.4 is 0 Å². The van der Waals surface area contributed by atoms with Gasteiger partial charge in [-0.2, -0.15) is 0 Å². The Morgan fingerprint density at radius 1 is 0.952 bits per heavy atom. The number of hydrogen-bond donors (Lipinski definition) is 6. The third kappa shape index (κ3) is 5.17. The Hall–Kier alpha value is -0.770. The lowest BCUT2D eigenvalue weighted by atomic mass is 9.89. The molecule has 0 radical (unpaired) electrons. The molecule has 0 aromatic rings. The molecule has 0 spiro atoms. The number of esters is 1. The molecule has 0 aromatic heterocycles. The standard InChI is InChI=1S/C13H24O8/c14-6-8(15)9(16)10(17)11(18)13(20)21-12(19)7-4-2-1-3-5-7/h7-11,13-18,20H,1-6H2/t8-,9-,10+,11+,13?/m1/s1. The van der Waals surface area contributed by atoms with E-state index in [9.17, 15) is 25.2 Å². The first-order chi connectivity index (χ1) is 9.88. The van der Waals surface area contributed by atoms with Crippen LogP contribution in [0.3, 0.4) is 0 Å². The van der Waals surface area contributed by atoms with Gasteiger partial charge in [0.1, 0.15) is 24.4 Å². The van der Waals surface area contributed by atoms with Crippen molar-refractivity contribution in [3.63, 3.8) is 0 Å². The van der Waals surface area contributed by atoms with Gasteiger partial charge < -0.3 is 35.4 Å². The largest absolute Gasteiger partial charge is 0.433 e. The van der Waals surface area contributed by atoms with Crippen molar-refractivity contribution in [2.45, 2.75) is 62.8 Å². The van der Waals surface area contributed by atoms with Gasteiger partial charge in [0.2, 0.25) is 6.29 Å². The summed E-state index contributed by atoms with van der Waals surface area (Å²) in [7, 11) is 0. The fourth-order valence-corrected chi connectivity index (χ4v) is 2.33. The number of rotatable bonds is 7. The normalized spacial score (nSPS) is 23.9. The van der Waals surface area contributed by atoms with E-state index in [0.29, 0.717) is 12.8 Å². The van der Waals surface area contributed by atoms with Crippen molar-refractivity contribution < 1.29 is 40.2 Å². The Bertz CT molecular complexity index is 317. The predicted octanol–water partition coefficient (Wildman–Crippen LogP) is -2.14. The predicted molar refractivity (Wildman–Crippen MR) is 69.8 cm³/mol. The Morgan fingerprint density at radius 2 is 1.52 bits per heavy atom. The lowest BCUT2D eigenvalue weighted by Crippen LogP contribution is -2.51. The Labute approximate surface area is 122 Å². The third-order valence-corrected chi connectivity index (χ3v) is 3.75. The second kappa shape index (κ2) is 8.62. The molecular weight excluding hydrogens is 284 g/mol. The molecule has 0 amide bonds. The third-order valence-electron chi connectivity index (χ3n) is 3.75. The second-order valence-corrected chi connectivity index (χ2v) is 5.38. The minimum atomic E-state index is -2.02. The molecule has 1 rings (SSSR count). The lowest BCUT2D eigenvalue weighted by Gasteiger charge is -2.29. The molecule has 21 heavy (non-hydrogen) atoms. The summed E-state index contributed by atoms with van der Waals surface area (Å²) in [6, 6.07) is 0. The van der Waals surface area contributed by atoms with Gasteiger partial charge in [0.15, 0.2) is 0 Å². The van der Waals surface area contributed by atoms with Gasteiger partial charge in [-0.1, -0.05) is 19.3 Å². The molecule has 8 nitrogen and oxygen atoms in total. The van der Waals surface area contributed by atoms with Gasteiger partial charge in [0, 0.05) is 0 Å². The van der Waals surface area contributed by atoms with E-state index in [1.807, 2.05) is 0 Å². The first kappa shape index (κ1) is 18.3. The van der Waals surface area contributed by atoms with Gasteiger partial charge in [-0.3, -0.25) is 4.79 Å². The summed E-state index contributed by atoms with van der Waals surface area (Å²) in [5.41, 5.74) is 0. The zero-order chi connectivity index (χ0) is 16.0. The monoisotopic (exact) mass is 308 g/mol. The summed E-state index contributed by atoms with van der Waals surface area (Å²) in [6.45, 7) is -0.830. The molecule has 0 saturated heterocycles. The van der Waals surface area contributed by atoms with Crippen LogP contribution in [-0.2, 0) is 9.53 Å². The smallest absolute Gasteiger partial charge is 0.311 e. The van der Waals surface area contributed by atoms with Crippen molar-refractivity contribution in [1.82, 2.24) is 0 Å². The van der Waals surface area contributed by atoms with Gasteiger partial charge in [-0.25, -0.2) is 0 Å². The Balaban J connectivity index is 2.49. The average Bonchev–Trinajstić information content (AvgIpc) is 2.52. The molecule has 0 aliphatic heterocycles. The first-order valence-electron chi connectivity index (χ1n) is 7.10. The van der Waals surface area contributed by atoms with Crippen LogP contribution >= 0.6 is 0 Å². The van der Waals surface area contributed by atoms with Crippen LogP contribution in [-0.4, -0.2) is 73.9 Å². The molecule has 0 bridgehead atoms. The molecule has 124 valence electrons. The van der Waals surface area contributed by atoms with Crippen molar-refractivity contribution >= 4 is 5.97 Å². The van der Waals surface area contributed by atoms with Crippen molar-refractivity contribution in [1.29, 1.82) is 0 Å². The SMILES string of the molecule is O=C(OC(O)[C@@H](O)[C@@H](O)[C@H](O)[C@H](O)CO)C1CCCCC1. The second-order valence-electron chi connectivity index (χ2n) is 5.38. The van der Waals surface area contributed by atoms with Crippen LogP contribution in [0.5, 0.6) is 0 Å². The van der Waals surface area contributed by atoms with E-state index >= 15 is 0 Å². The van der Waals surface area contributed by atoms with Crippen LogP contribution in [0.4, 0.5) is 0 Å². The zero-order valence-electron chi connectivity index (χ0n) is 11.7. The van der Waals surface area contributed by atoms with E-state index in [0.717, 1.165) is 19.3 Å². The minimum absolute atomic E-state index is 0.342. The topological polar surface area (TPSA) is 148 Å². The maximum Gasteiger partial charge on any atom is 0.311 e. The van der Waals surface area contributed by atoms with E-state index in [-0.39, 0.29) is 5.92 Å². The average molecular weight is 308 g/mol. The van der Waals surface area contributed by atoms with E-state index in [4.69, 9.17) is 10.2 Å². The summed E-state index contributed by atoms with van der Waals surface area (Å²) in [5.74, 6) is -1.00. The van der Waals surface area contributed by atoms with Crippen molar-refractivity contribution in [2.24, 2.45) is 5.92 Å². The van der Waals surface area contributed by atoms with E-state index in [2.05, 4.69) is 4.74 Å².